The number of aromatic nitrogens is 2. The molecule has 0 N–H and O–H groups in total. The van der Waals surface area contributed by atoms with E-state index in [1.54, 1.807) is 0 Å². The topological polar surface area (TPSA) is 47.4 Å². The fourth-order valence-corrected chi connectivity index (χ4v) is 3.59. The predicted octanol–water partition coefficient (Wildman–Crippen LogP) is 4.02. The zero-order chi connectivity index (χ0) is 18.7. The highest BCUT2D eigenvalue weighted by Crippen LogP contribution is 2.49. The van der Waals surface area contributed by atoms with Gasteiger partial charge in [0.25, 0.3) is 5.91 Å². The summed E-state index contributed by atoms with van der Waals surface area (Å²) in [5.74, 6) is -1.42. The summed E-state index contributed by atoms with van der Waals surface area (Å²) in [4.78, 5) is 13.0. The molecule has 11 heteroatoms. The number of nitrogens with zero attached hydrogens (tertiary/aromatic N) is 3. The molecule has 134 valence electrons. The molecule has 0 spiro atoms. The third-order valence-corrected chi connectivity index (χ3v) is 4.74. The number of ether oxygens (including phenoxy) is 1. The Morgan fingerprint density at radius 1 is 1.36 bits per heavy atom. The molecule has 0 bridgehead atoms. The van der Waals surface area contributed by atoms with Crippen molar-refractivity contribution in [2.75, 3.05) is 18.6 Å². The van der Waals surface area contributed by atoms with E-state index >= 15 is 0 Å². The van der Waals surface area contributed by atoms with E-state index in [4.69, 9.17) is 16.3 Å². The fourth-order valence-electron chi connectivity index (χ4n) is 2.59. The first-order valence-electron chi connectivity index (χ1n) is 6.75. The van der Waals surface area contributed by atoms with Crippen molar-refractivity contribution in [3.05, 3.63) is 27.1 Å². The number of fused-ring (bicyclic) bond motifs is 1. The van der Waals surface area contributed by atoms with E-state index in [1.165, 1.54) is 7.05 Å². The van der Waals surface area contributed by atoms with Gasteiger partial charge in [0.1, 0.15) is 17.2 Å². The zero-order valence-corrected chi connectivity index (χ0v) is 15.1. The second-order valence-electron chi connectivity index (χ2n) is 5.27. The van der Waals surface area contributed by atoms with Gasteiger partial charge in [0.2, 0.25) is 0 Å². The predicted molar refractivity (Wildman–Crippen MR) is 85.2 cm³/mol. The van der Waals surface area contributed by atoms with Gasteiger partial charge in [-0.1, -0.05) is 11.6 Å². The molecule has 2 aromatic rings. The minimum absolute atomic E-state index is 0.00581. The number of carbonyl (C=O) groups excluding carboxylic acids is 1. The van der Waals surface area contributed by atoms with Crippen LogP contribution in [0.3, 0.4) is 0 Å². The van der Waals surface area contributed by atoms with Crippen LogP contribution in [0, 0.1) is 5.82 Å². The molecule has 0 saturated carbocycles. The molecule has 1 aromatic carbocycles. The Hall–Kier alpha value is -1.81. The number of halogens is 6. The van der Waals surface area contributed by atoms with Gasteiger partial charge in [0, 0.05) is 14.1 Å². The van der Waals surface area contributed by atoms with Gasteiger partial charge in [-0.15, -0.1) is 0 Å². The van der Waals surface area contributed by atoms with E-state index in [1.807, 2.05) is 0 Å². The van der Waals surface area contributed by atoms with Crippen molar-refractivity contribution < 1.29 is 27.1 Å². The summed E-state index contributed by atoms with van der Waals surface area (Å²) in [5, 5.41) is 3.68. The Bertz CT molecular complexity index is 897. The van der Waals surface area contributed by atoms with Crippen LogP contribution in [-0.2, 0) is 18.0 Å². The van der Waals surface area contributed by atoms with E-state index in [0.717, 1.165) is 18.0 Å². The van der Waals surface area contributed by atoms with Crippen LogP contribution in [0.2, 0.25) is 5.02 Å². The number of alkyl halides is 3. The van der Waals surface area contributed by atoms with Crippen molar-refractivity contribution in [3.8, 4) is 17.0 Å². The summed E-state index contributed by atoms with van der Waals surface area (Å²) >= 11 is 8.79. The highest BCUT2D eigenvalue weighted by molar-refractivity contribution is 9.10. The monoisotopic (exact) mass is 441 g/mol. The quantitative estimate of drug-likeness (QED) is 0.627. The lowest BCUT2D eigenvalue weighted by atomic mass is 10.1. The van der Waals surface area contributed by atoms with Crippen molar-refractivity contribution in [1.82, 2.24) is 9.78 Å². The Balaban J connectivity index is 2.35. The molecule has 5 nitrogen and oxygen atoms in total. The van der Waals surface area contributed by atoms with E-state index in [-0.39, 0.29) is 34.3 Å². The van der Waals surface area contributed by atoms with Crippen LogP contribution in [0.5, 0.6) is 5.75 Å². The first-order chi connectivity index (χ1) is 11.5. The zero-order valence-electron chi connectivity index (χ0n) is 12.7. The molecule has 0 atom stereocenters. The average Bonchev–Trinajstić information content (AvgIpc) is 2.77. The van der Waals surface area contributed by atoms with Crippen LogP contribution in [0.4, 0.5) is 23.2 Å². The Labute approximate surface area is 152 Å². The number of hydrogen-bond donors (Lipinski definition) is 0. The Morgan fingerprint density at radius 3 is 2.56 bits per heavy atom. The van der Waals surface area contributed by atoms with Crippen molar-refractivity contribution in [2.24, 2.45) is 7.05 Å². The number of amides is 1. The van der Waals surface area contributed by atoms with E-state index in [2.05, 4.69) is 21.0 Å². The number of hydrogen-bond acceptors (Lipinski definition) is 3. The third-order valence-electron chi connectivity index (χ3n) is 3.71. The summed E-state index contributed by atoms with van der Waals surface area (Å²) in [6.07, 6.45) is -4.71. The van der Waals surface area contributed by atoms with Crippen LogP contribution >= 0.6 is 27.5 Å². The molecule has 1 amide bonds. The second kappa shape index (κ2) is 5.87. The van der Waals surface area contributed by atoms with Crippen molar-refractivity contribution in [1.29, 1.82) is 0 Å². The smallest absolute Gasteiger partial charge is 0.434 e. The van der Waals surface area contributed by atoms with Gasteiger partial charge in [-0.25, -0.2) is 4.39 Å². The van der Waals surface area contributed by atoms with Crippen LogP contribution < -0.4 is 9.64 Å². The second-order valence-corrected chi connectivity index (χ2v) is 6.47. The van der Waals surface area contributed by atoms with Crippen LogP contribution in [0.25, 0.3) is 11.3 Å². The minimum atomic E-state index is -4.71. The van der Waals surface area contributed by atoms with Gasteiger partial charge in [-0.3, -0.25) is 9.48 Å². The SMILES string of the molecule is CN1C(=O)COc2c(Cl)cc(F)c(-c3nn(C)c(C(F)(F)F)c3Br)c21. The summed E-state index contributed by atoms with van der Waals surface area (Å²) in [6, 6.07) is 0.910. The Kier molecular flexibility index (Phi) is 4.23. The van der Waals surface area contributed by atoms with Gasteiger partial charge < -0.3 is 9.64 Å². The van der Waals surface area contributed by atoms with Crippen LogP contribution in [-0.4, -0.2) is 29.3 Å². The number of rotatable bonds is 1. The molecule has 1 aliphatic rings. The standard InChI is InChI=1S/C14H9BrClF4N3O2/c1-22-7(24)4-25-12-5(16)3-6(17)8(11(12)22)10-9(15)13(14(18,19)20)23(2)21-10/h3H,4H2,1-2H3. The molecule has 3 rings (SSSR count). The molecular weight excluding hydrogens is 434 g/mol. The van der Waals surface area contributed by atoms with Crippen molar-refractivity contribution in [2.45, 2.75) is 6.18 Å². The summed E-state index contributed by atoms with van der Waals surface area (Å²) in [5.41, 5.74) is -1.79. The maximum absolute atomic E-state index is 14.6. The van der Waals surface area contributed by atoms with E-state index < -0.39 is 28.1 Å². The molecule has 0 unspecified atom stereocenters. The number of aryl methyl sites for hydroxylation is 1. The molecule has 1 aliphatic heterocycles. The molecule has 1 aromatic heterocycles. The Morgan fingerprint density at radius 2 is 2.00 bits per heavy atom. The average molecular weight is 443 g/mol. The summed E-state index contributed by atoms with van der Waals surface area (Å²) in [7, 11) is 2.44. The van der Waals surface area contributed by atoms with Crippen LogP contribution in [0.1, 0.15) is 5.69 Å². The van der Waals surface area contributed by atoms with Crippen LogP contribution in [0.15, 0.2) is 10.5 Å². The number of benzene rings is 1. The minimum Gasteiger partial charge on any atom is -0.480 e. The van der Waals surface area contributed by atoms with Gasteiger partial charge in [0.05, 0.1) is 15.1 Å². The number of likely N-dealkylation sites (N-methyl/N-ethyl adjacent to an activating group) is 1. The normalized spacial score (nSPS) is 14.6. The molecule has 0 fully saturated rings. The van der Waals surface area contributed by atoms with Gasteiger partial charge in [-0.2, -0.15) is 18.3 Å². The van der Waals surface area contributed by atoms with Crippen molar-refractivity contribution in [3.63, 3.8) is 0 Å². The molecule has 25 heavy (non-hydrogen) atoms. The molecule has 2 heterocycles. The van der Waals surface area contributed by atoms with Gasteiger partial charge >= 0.3 is 6.18 Å². The lowest BCUT2D eigenvalue weighted by Crippen LogP contribution is -2.36. The lowest BCUT2D eigenvalue weighted by Gasteiger charge is -2.28. The van der Waals surface area contributed by atoms with Crippen molar-refractivity contribution >= 4 is 39.1 Å². The van der Waals surface area contributed by atoms with Gasteiger partial charge in [0.15, 0.2) is 18.1 Å². The molecule has 0 radical (unpaired) electrons. The lowest BCUT2D eigenvalue weighted by molar-refractivity contribution is -0.144. The largest absolute Gasteiger partial charge is 0.480 e. The van der Waals surface area contributed by atoms with E-state index in [0.29, 0.717) is 4.68 Å². The third kappa shape index (κ3) is 2.77. The maximum Gasteiger partial charge on any atom is 0.434 e. The highest BCUT2D eigenvalue weighted by atomic mass is 79.9. The molecule has 0 saturated heterocycles. The maximum atomic E-state index is 14.6. The summed E-state index contributed by atoms with van der Waals surface area (Å²) in [6.45, 7) is -0.314. The van der Waals surface area contributed by atoms with Gasteiger partial charge in [-0.05, 0) is 22.0 Å². The van der Waals surface area contributed by atoms with E-state index in [9.17, 15) is 22.4 Å². The number of carbonyl (C=O) groups is 1. The molecular formula is C14H9BrClF4N3O2. The number of anilines is 1. The first kappa shape index (κ1) is 18.0. The summed E-state index contributed by atoms with van der Waals surface area (Å²) < 4.78 is 59.5. The molecule has 0 aliphatic carbocycles. The fraction of sp³-hybridized carbons (Fsp3) is 0.286. The highest BCUT2D eigenvalue weighted by Gasteiger charge is 2.40. The first-order valence-corrected chi connectivity index (χ1v) is 7.92.